The van der Waals surface area contributed by atoms with E-state index in [2.05, 4.69) is 61.4 Å². The molecule has 0 atom stereocenters. The molecule has 3 N–H and O–H groups in total. The largest absolute Gasteiger partial charge is 0.506 e. The predicted molar refractivity (Wildman–Crippen MR) is 127 cm³/mol. The maximum Gasteiger partial charge on any atom is 0.259 e. The normalized spacial score (nSPS) is 11.2. The average molecular weight is 535 g/mol. The van der Waals surface area contributed by atoms with Crippen LogP contribution in [-0.2, 0) is 4.79 Å². The smallest absolute Gasteiger partial charge is 0.259 e. The molecule has 0 bridgehead atoms. The summed E-state index contributed by atoms with van der Waals surface area (Å²) in [6, 6.07) is 15.7. The van der Waals surface area contributed by atoms with Gasteiger partial charge < -0.3 is 15.1 Å². The highest BCUT2D eigenvalue weighted by Gasteiger charge is 2.14. The van der Waals surface area contributed by atoms with E-state index in [1.807, 2.05) is 35.2 Å². The van der Waals surface area contributed by atoms with Gasteiger partial charge in [-0.25, -0.2) is 5.43 Å². The average Bonchev–Trinajstić information content (AvgIpc) is 2.75. The second-order valence-corrected chi connectivity index (χ2v) is 8.35. The van der Waals surface area contributed by atoms with E-state index < -0.39 is 0 Å². The Hall–Kier alpha value is -2.58. The van der Waals surface area contributed by atoms with Crippen molar-refractivity contribution in [3.63, 3.8) is 0 Å². The van der Waals surface area contributed by atoms with Crippen molar-refractivity contribution in [2.45, 2.75) is 13.3 Å². The quantitative estimate of drug-likeness (QED) is 0.289. The summed E-state index contributed by atoms with van der Waals surface area (Å²) in [5.74, 6) is -0.555. The molecule has 0 aliphatic carbocycles. The molecule has 0 aliphatic heterocycles. The number of benzene rings is 3. The predicted octanol–water partition coefficient (Wildman–Crippen LogP) is 5.14. The van der Waals surface area contributed by atoms with Crippen LogP contribution in [0.25, 0.3) is 10.8 Å². The minimum Gasteiger partial charge on any atom is -0.506 e. The van der Waals surface area contributed by atoms with E-state index in [0.29, 0.717) is 10.0 Å². The van der Waals surface area contributed by atoms with Crippen molar-refractivity contribution in [3.8, 4) is 11.5 Å². The summed E-state index contributed by atoms with van der Waals surface area (Å²) in [5.41, 5.74) is 3.80. The van der Waals surface area contributed by atoms with Crippen LogP contribution in [0.2, 0.25) is 0 Å². The second kappa shape index (κ2) is 9.95. The monoisotopic (exact) mass is 533 g/mol. The number of hydrazone groups is 1. The van der Waals surface area contributed by atoms with E-state index in [1.54, 1.807) is 0 Å². The fraction of sp³-hybridized carbons (Fsp3) is 0.182. The Morgan fingerprint density at radius 3 is 2.57 bits per heavy atom. The summed E-state index contributed by atoms with van der Waals surface area (Å²) in [6.45, 7) is 2.94. The number of hydrogen-bond acceptors (Lipinski definition) is 5. The van der Waals surface area contributed by atoms with Gasteiger partial charge >= 0.3 is 0 Å². The van der Waals surface area contributed by atoms with Crippen LogP contribution in [0.15, 0.2) is 62.6 Å². The summed E-state index contributed by atoms with van der Waals surface area (Å²) in [4.78, 5) is 14.4. The van der Waals surface area contributed by atoms with E-state index in [9.17, 15) is 15.0 Å². The Bertz CT molecular complexity index is 1100. The van der Waals surface area contributed by atoms with Gasteiger partial charge in [-0.1, -0.05) is 37.3 Å². The number of anilines is 1. The fourth-order valence-electron chi connectivity index (χ4n) is 3.04. The standard InChI is InChI=1S/C22H21Br2N3O3/c1-2-9-27(17-8-7-14-5-3-4-6-15(14)10-17)13-19(28)26-25-12-16-11-18(23)22(30)20(24)21(16)29/h3-8,10-12,29-30H,2,9,13H2,1H3,(H,26,28). The van der Waals surface area contributed by atoms with Gasteiger partial charge in [0, 0.05) is 17.8 Å². The Morgan fingerprint density at radius 2 is 1.83 bits per heavy atom. The van der Waals surface area contributed by atoms with E-state index >= 15 is 0 Å². The first-order chi connectivity index (χ1) is 14.4. The lowest BCUT2D eigenvalue weighted by atomic mass is 10.1. The molecule has 0 aromatic heterocycles. The number of phenols is 2. The van der Waals surface area contributed by atoms with Crippen molar-refractivity contribution in [2.24, 2.45) is 5.10 Å². The zero-order chi connectivity index (χ0) is 21.7. The number of amides is 1. The van der Waals surface area contributed by atoms with Crippen molar-refractivity contribution >= 4 is 60.4 Å². The van der Waals surface area contributed by atoms with E-state index in [1.165, 1.54) is 12.3 Å². The number of carbonyl (C=O) groups is 1. The number of carbonyl (C=O) groups excluding carboxylic acids is 1. The molecule has 30 heavy (non-hydrogen) atoms. The summed E-state index contributed by atoms with van der Waals surface area (Å²) in [7, 11) is 0. The van der Waals surface area contributed by atoms with E-state index in [0.717, 1.165) is 29.4 Å². The molecule has 0 unspecified atom stereocenters. The molecule has 0 aliphatic rings. The molecule has 1 amide bonds. The third kappa shape index (κ3) is 5.12. The van der Waals surface area contributed by atoms with Crippen molar-refractivity contribution in [1.82, 2.24) is 5.43 Å². The zero-order valence-electron chi connectivity index (χ0n) is 16.3. The molecule has 0 spiro atoms. The third-order valence-electron chi connectivity index (χ3n) is 4.52. The molecule has 0 heterocycles. The molecular weight excluding hydrogens is 514 g/mol. The lowest BCUT2D eigenvalue weighted by Gasteiger charge is -2.23. The van der Waals surface area contributed by atoms with Crippen molar-refractivity contribution in [3.05, 3.63) is 63.0 Å². The van der Waals surface area contributed by atoms with Gasteiger partial charge in [0.1, 0.15) is 16.0 Å². The first kappa shape index (κ1) is 22.1. The van der Waals surface area contributed by atoms with Crippen molar-refractivity contribution < 1.29 is 15.0 Å². The summed E-state index contributed by atoms with van der Waals surface area (Å²) < 4.78 is 0.542. The van der Waals surface area contributed by atoms with Gasteiger partial charge in [0.2, 0.25) is 0 Å². The number of halogens is 2. The summed E-state index contributed by atoms with van der Waals surface area (Å²) in [5, 5.41) is 26.1. The third-order valence-corrected chi connectivity index (χ3v) is 5.87. The molecule has 8 heteroatoms. The number of nitrogens with zero attached hydrogens (tertiary/aromatic N) is 2. The molecule has 0 radical (unpaired) electrons. The molecule has 6 nitrogen and oxygen atoms in total. The Morgan fingerprint density at radius 1 is 1.10 bits per heavy atom. The number of fused-ring (bicyclic) bond motifs is 1. The van der Waals surface area contributed by atoms with Gasteiger partial charge in [-0.05, 0) is 67.3 Å². The number of phenolic OH excluding ortho intramolecular Hbond substituents is 2. The van der Waals surface area contributed by atoms with Gasteiger partial charge in [0.25, 0.3) is 5.91 Å². The molecule has 0 fully saturated rings. The molecule has 0 saturated carbocycles. The van der Waals surface area contributed by atoms with Crippen molar-refractivity contribution in [1.29, 1.82) is 0 Å². The number of nitrogens with one attached hydrogen (secondary N) is 1. The fourth-order valence-corrected chi connectivity index (χ4v) is 4.19. The Labute approximate surface area is 191 Å². The second-order valence-electron chi connectivity index (χ2n) is 6.71. The Kier molecular flexibility index (Phi) is 7.33. The maximum absolute atomic E-state index is 12.4. The SMILES string of the molecule is CCCN(CC(=O)NN=Cc1cc(Br)c(O)c(Br)c1O)c1ccc2ccccc2c1. The van der Waals surface area contributed by atoms with E-state index in [4.69, 9.17) is 0 Å². The van der Waals surface area contributed by atoms with Crippen LogP contribution in [-0.4, -0.2) is 35.4 Å². The Balaban J connectivity index is 1.70. The van der Waals surface area contributed by atoms with Gasteiger partial charge in [0.05, 0.1) is 17.2 Å². The highest BCUT2D eigenvalue weighted by atomic mass is 79.9. The zero-order valence-corrected chi connectivity index (χ0v) is 19.4. The number of aromatic hydroxyl groups is 2. The van der Waals surface area contributed by atoms with Crippen LogP contribution < -0.4 is 10.3 Å². The molecular formula is C22H21Br2N3O3. The maximum atomic E-state index is 12.4. The lowest BCUT2D eigenvalue weighted by Crippen LogP contribution is -2.35. The number of rotatable bonds is 7. The highest BCUT2D eigenvalue weighted by molar-refractivity contribution is 9.11. The minimum atomic E-state index is -0.274. The summed E-state index contributed by atoms with van der Waals surface area (Å²) in [6.07, 6.45) is 2.22. The molecule has 3 aromatic carbocycles. The topological polar surface area (TPSA) is 85.2 Å². The van der Waals surface area contributed by atoms with Gasteiger partial charge in [-0.3, -0.25) is 4.79 Å². The first-order valence-corrected chi connectivity index (χ1v) is 10.9. The van der Waals surface area contributed by atoms with Crippen LogP contribution in [0.1, 0.15) is 18.9 Å². The van der Waals surface area contributed by atoms with Crippen LogP contribution in [0, 0.1) is 0 Å². The van der Waals surface area contributed by atoms with E-state index in [-0.39, 0.29) is 28.4 Å². The molecule has 156 valence electrons. The van der Waals surface area contributed by atoms with Crippen LogP contribution in [0.3, 0.4) is 0 Å². The molecule has 3 aromatic rings. The first-order valence-electron chi connectivity index (χ1n) is 9.36. The van der Waals surface area contributed by atoms with Gasteiger partial charge in [-0.15, -0.1) is 0 Å². The molecule has 0 saturated heterocycles. The minimum absolute atomic E-state index is 0.112. The molecule has 3 rings (SSSR count). The van der Waals surface area contributed by atoms with Crippen LogP contribution in [0.4, 0.5) is 5.69 Å². The number of hydrogen-bond donors (Lipinski definition) is 3. The van der Waals surface area contributed by atoms with Gasteiger partial charge in [0.15, 0.2) is 0 Å². The van der Waals surface area contributed by atoms with Crippen LogP contribution in [0.5, 0.6) is 11.5 Å². The summed E-state index contributed by atoms with van der Waals surface area (Å²) >= 11 is 6.31. The van der Waals surface area contributed by atoms with Crippen LogP contribution >= 0.6 is 31.9 Å². The highest BCUT2D eigenvalue weighted by Crippen LogP contribution is 2.40. The van der Waals surface area contributed by atoms with Gasteiger partial charge in [-0.2, -0.15) is 5.10 Å². The van der Waals surface area contributed by atoms with Crippen molar-refractivity contribution in [2.75, 3.05) is 18.0 Å². The lowest BCUT2D eigenvalue weighted by molar-refractivity contribution is -0.119.